The van der Waals surface area contributed by atoms with Gasteiger partial charge in [0.2, 0.25) is 8.32 Å². The number of carbonyl (C=O) groups excluding carboxylic acids is 1. The van der Waals surface area contributed by atoms with E-state index in [9.17, 15) is 19.2 Å². The van der Waals surface area contributed by atoms with Crippen molar-refractivity contribution in [2.24, 2.45) is 0 Å². The van der Waals surface area contributed by atoms with Crippen LogP contribution in [0.2, 0.25) is 18.1 Å². The Morgan fingerprint density at radius 1 is 0.829 bits per heavy atom. The number of H-pyrrole nitrogens is 1. The van der Waals surface area contributed by atoms with E-state index in [1.165, 1.54) is 39.7 Å². The van der Waals surface area contributed by atoms with Crippen LogP contribution in [0.4, 0.5) is 10.6 Å². The van der Waals surface area contributed by atoms with E-state index in [4.69, 9.17) is 63.3 Å². The van der Waals surface area contributed by atoms with E-state index in [1.807, 2.05) is 92.0 Å². The van der Waals surface area contributed by atoms with E-state index in [-0.39, 0.29) is 50.1 Å². The molecule has 7 rings (SSSR count). The van der Waals surface area contributed by atoms with Gasteiger partial charge in [0.1, 0.15) is 60.3 Å². The summed E-state index contributed by atoms with van der Waals surface area (Å²) < 4.78 is 65.0. The normalized spacial score (nSPS) is 20.6. The Labute approximate surface area is 447 Å². The molecule has 3 aromatic carbocycles. The number of ether oxygens (including phenoxy) is 6. The van der Waals surface area contributed by atoms with Gasteiger partial charge in [0, 0.05) is 30.8 Å². The predicted molar refractivity (Wildman–Crippen MR) is 289 cm³/mol. The second-order valence-electron chi connectivity index (χ2n) is 19.5. The van der Waals surface area contributed by atoms with E-state index in [0.29, 0.717) is 17.1 Å². The highest BCUT2D eigenvalue weighted by Gasteiger charge is 2.47. The Hall–Kier alpha value is -5.88. The van der Waals surface area contributed by atoms with Crippen molar-refractivity contribution in [2.75, 3.05) is 46.0 Å². The number of hydrogen-bond donors (Lipinski definition) is 2. The largest absolute Gasteiger partial charge is 0.497 e. The van der Waals surface area contributed by atoms with Gasteiger partial charge in [0.15, 0.2) is 0 Å². The number of aromatic amines is 1. The first kappa shape index (κ1) is 57.8. The zero-order chi connectivity index (χ0) is 54.8. The van der Waals surface area contributed by atoms with E-state index >= 15 is 0 Å². The van der Waals surface area contributed by atoms with Crippen molar-refractivity contribution >= 4 is 38.8 Å². The maximum Gasteiger partial charge on any atom is 0.413 e. The van der Waals surface area contributed by atoms with Crippen LogP contribution in [0.3, 0.4) is 0 Å². The summed E-state index contributed by atoms with van der Waals surface area (Å²) in [7, 11) is 0.689. The van der Waals surface area contributed by atoms with Crippen molar-refractivity contribution in [1.82, 2.24) is 19.1 Å². The molecule has 0 radical (unpaired) electrons. The number of aromatic nitrogens is 4. The molecule has 2 aromatic heterocycles. The predicted octanol–water partition coefficient (Wildman–Crippen LogP) is 8.59. The minimum absolute atomic E-state index is 0.00887. The number of rotatable bonds is 24. The molecule has 2 aliphatic rings. The van der Waals surface area contributed by atoms with E-state index in [1.54, 1.807) is 21.1 Å². The summed E-state index contributed by atoms with van der Waals surface area (Å²) in [5.74, 6) is 1.22. The monoisotopic (exact) mass is 1100 g/mol. The molecular formula is C53H66N5O15PSSi. The molecule has 5 aromatic rings. The van der Waals surface area contributed by atoms with Crippen LogP contribution >= 0.6 is 6.72 Å². The molecule has 2 aliphatic heterocycles. The van der Waals surface area contributed by atoms with Gasteiger partial charge < -0.3 is 42.0 Å². The number of amides is 1. The number of anilines is 1. The fraction of sp³-hybridized carbons (Fsp3) is 0.415. The molecule has 4 heterocycles. The van der Waals surface area contributed by atoms with Crippen molar-refractivity contribution < 1.29 is 56.3 Å². The summed E-state index contributed by atoms with van der Waals surface area (Å²) in [5.41, 5.74) is -0.654. The minimum atomic E-state index is -3.87. The Bertz CT molecular complexity index is 2980. The second-order valence-corrected chi connectivity index (χ2v) is 27.1. The average Bonchev–Trinajstić information content (AvgIpc) is 4.02. The first-order valence-corrected chi connectivity index (χ1v) is 30.0. The van der Waals surface area contributed by atoms with Crippen LogP contribution in [0.15, 0.2) is 137 Å². The fourth-order valence-corrected chi connectivity index (χ4v) is 10.9. The number of carbonyl (C=O) groups is 1. The van der Waals surface area contributed by atoms with Crippen LogP contribution in [0, 0.1) is 6.92 Å². The van der Waals surface area contributed by atoms with Gasteiger partial charge in [-0.3, -0.25) is 28.8 Å². The van der Waals surface area contributed by atoms with Crippen LogP contribution in [0.25, 0.3) is 0 Å². The molecule has 408 valence electrons. The summed E-state index contributed by atoms with van der Waals surface area (Å²) >= 11 is 6.20. The van der Waals surface area contributed by atoms with Gasteiger partial charge in [0.05, 0.1) is 40.1 Å². The summed E-state index contributed by atoms with van der Waals surface area (Å²) in [4.78, 5) is 64.3. The molecule has 2 N–H and O–H groups in total. The van der Waals surface area contributed by atoms with Crippen LogP contribution in [-0.4, -0.2) is 98.6 Å². The number of hydrogen-bond acceptors (Lipinski definition) is 17. The number of aryl methyl sites for hydroxylation is 1. The smallest absolute Gasteiger partial charge is 0.413 e. The second kappa shape index (κ2) is 25.1. The first-order valence-electron chi connectivity index (χ1n) is 24.5. The van der Waals surface area contributed by atoms with Gasteiger partial charge in [0.25, 0.3) is 5.56 Å². The minimum Gasteiger partial charge on any atom is -0.497 e. The van der Waals surface area contributed by atoms with E-state index < -0.39 is 80.5 Å². The van der Waals surface area contributed by atoms with Gasteiger partial charge in [-0.1, -0.05) is 94.1 Å². The van der Waals surface area contributed by atoms with Crippen molar-refractivity contribution in [3.63, 3.8) is 0 Å². The third-order valence-electron chi connectivity index (χ3n) is 13.4. The molecule has 0 saturated carbocycles. The molecule has 76 heavy (non-hydrogen) atoms. The Balaban J connectivity index is 1.25. The zero-order valence-electron chi connectivity index (χ0n) is 43.8. The third-order valence-corrected chi connectivity index (χ3v) is 19.8. The molecule has 20 nitrogen and oxygen atoms in total. The average molecular weight is 1100 g/mol. The van der Waals surface area contributed by atoms with Gasteiger partial charge in [-0.25, -0.2) is 19.3 Å². The summed E-state index contributed by atoms with van der Waals surface area (Å²) in [6.45, 7) is 14.8. The molecule has 23 heteroatoms. The topological polar surface area (TPSA) is 220 Å². The Morgan fingerprint density at radius 2 is 1.41 bits per heavy atom. The molecule has 0 bridgehead atoms. The summed E-state index contributed by atoms with van der Waals surface area (Å²) in [6.07, 6.45) is -0.454. The standard InChI is InChI=1S/C53H66N5O15PSSi/c1-11-28-65-51(62)55-45-26-27-57(49(60)54-45)46-31-42(43(69-46)33-66-53(36-16-14-13-15-17-36,37-18-22-39(63-7)23-19-37)38-20-24-40(64-8)25-21-38)72-74(75,67-29-12-2)68-34-44-41(71-73-76(9,10)52(4,5)6)30-47(70-44)58-32-35(3)48(59)56-50(58)61/h11-27,32,41-44,46-47H,1-2,28-31,33-34H2,3-10H3,(H,56,59,61)(H,54,55,60,62)/t41-,42-,43+,44+,46+,47+,74?/m0/s1. The van der Waals surface area contributed by atoms with Crippen molar-refractivity contribution in [2.45, 2.75) is 101 Å². The van der Waals surface area contributed by atoms with E-state index in [0.717, 1.165) is 16.7 Å². The van der Waals surface area contributed by atoms with Crippen molar-refractivity contribution in [3.8, 4) is 11.5 Å². The highest BCUT2D eigenvalue weighted by molar-refractivity contribution is 8.07. The highest BCUT2D eigenvalue weighted by Crippen LogP contribution is 2.55. The van der Waals surface area contributed by atoms with Crippen LogP contribution in [0.1, 0.15) is 68.3 Å². The Morgan fingerprint density at radius 3 is 1.99 bits per heavy atom. The Kier molecular flexibility index (Phi) is 19.1. The maximum atomic E-state index is 13.8. The SMILES string of the molecule is C=CCOC(=O)Nc1ccn([C@H]2C[C@H](OP(=S)(OCC=C)OC[C@H]3O[C@@H](n4cc(C)c(=O)[nH]c4=O)C[C@@H]3OO[Si](C)(C)C(C)(C)C)[C@@H](COC(c3ccccc3)(c3ccc(OC)cc3)c3ccc(OC)cc3)O2)c(=O)n1. The van der Waals surface area contributed by atoms with Gasteiger partial charge in [-0.05, 0) is 83.9 Å². The number of nitrogens with one attached hydrogen (secondary N) is 2. The van der Waals surface area contributed by atoms with Gasteiger partial charge in [-0.2, -0.15) is 4.98 Å². The fourth-order valence-electron chi connectivity index (χ4n) is 8.19. The molecule has 7 atom stereocenters. The number of methoxy groups -OCH3 is 2. The van der Waals surface area contributed by atoms with Crippen LogP contribution in [0.5, 0.6) is 11.5 Å². The van der Waals surface area contributed by atoms with Crippen molar-refractivity contribution in [3.05, 3.63) is 176 Å². The first-order chi connectivity index (χ1) is 36.2. The van der Waals surface area contributed by atoms with Gasteiger partial charge >= 0.3 is 24.2 Å². The molecule has 2 saturated heterocycles. The van der Waals surface area contributed by atoms with E-state index in [2.05, 4.69) is 49.2 Å². The number of nitrogens with zero attached hydrogens (tertiary/aromatic N) is 3. The lowest BCUT2D eigenvalue weighted by Crippen LogP contribution is -2.43. The summed E-state index contributed by atoms with van der Waals surface area (Å²) in [6, 6.07) is 26.2. The highest BCUT2D eigenvalue weighted by atomic mass is 32.5. The van der Waals surface area contributed by atoms with Gasteiger partial charge in [-0.15, -0.1) is 6.58 Å². The van der Waals surface area contributed by atoms with Crippen LogP contribution in [-0.2, 0) is 59.4 Å². The quantitative estimate of drug-likeness (QED) is 0.0147. The summed E-state index contributed by atoms with van der Waals surface area (Å²) in [5, 5.41) is 2.22. The lowest BCUT2D eigenvalue weighted by Gasteiger charge is -2.37. The molecular weight excluding hydrogens is 1040 g/mol. The van der Waals surface area contributed by atoms with Crippen molar-refractivity contribution in [1.29, 1.82) is 0 Å². The molecule has 1 unspecified atom stereocenters. The molecule has 0 spiro atoms. The molecule has 1 amide bonds. The lowest BCUT2D eigenvalue weighted by atomic mass is 9.80. The molecule has 0 aliphatic carbocycles. The zero-order valence-corrected chi connectivity index (χ0v) is 46.5. The molecule has 2 fully saturated rings. The number of benzene rings is 3. The third kappa shape index (κ3) is 13.6. The van der Waals surface area contributed by atoms with Crippen LogP contribution < -0.4 is 31.7 Å². The lowest BCUT2D eigenvalue weighted by molar-refractivity contribution is -0.268. The maximum absolute atomic E-state index is 13.8.